The summed E-state index contributed by atoms with van der Waals surface area (Å²) in [6, 6.07) is 7.36. The molecular formula is C9H7F4NO. The molecule has 0 aromatic heterocycles. The van der Waals surface area contributed by atoms with E-state index in [4.69, 9.17) is 0 Å². The predicted octanol–water partition coefficient (Wildman–Crippen LogP) is 2.53. The molecule has 1 rings (SSSR count). The average Bonchev–Trinajstić information content (AvgIpc) is 2.16. The molecule has 1 aromatic rings. The van der Waals surface area contributed by atoms with E-state index in [0.29, 0.717) is 0 Å². The standard InChI is InChI=1S/C9H7F4NO/c10-7(9(11,12)13)8(15)14-6-4-2-1-3-5-6/h1-5,7H,(H,14,15)/t7-/m1/s1. The van der Waals surface area contributed by atoms with Gasteiger partial charge in [-0.25, -0.2) is 4.39 Å². The third-order valence-electron chi connectivity index (χ3n) is 1.56. The highest BCUT2D eigenvalue weighted by Gasteiger charge is 2.45. The van der Waals surface area contributed by atoms with Crippen LogP contribution in [0.2, 0.25) is 0 Å². The van der Waals surface area contributed by atoms with Crippen LogP contribution in [0, 0.1) is 0 Å². The molecule has 0 spiro atoms. The topological polar surface area (TPSA) is 29.1 Å². The first-order valence-electron chi connectivity index (χ1n) is 3.98. The lowest BCUT2D eigenvalue weighted by Crippen LogP contribution is -2.36. The van der Waals surface area contributed by atoms with Crippen LogP contribution < -0.4 is 5.32 Å². The normalized spacial score (nSPS) is 13.3. The fraction of sp³-hybridized carbons (Fsp3) is 0.222. The molecule has 0 bridgehead atoms. The minimum absolute atomic E-state index is 0.120. The molecule has 1 amide bonds. The van der Waals surface area contributed by atoms with Gasteiger partial charge in [0.1, 0.15) is 0 Å². The third-order valence-corrected chi connectivity index (χ3v) is 1.56. The summed E-state index contributed by atoms with van der Waals surface area (Å²) in [7, 11) is 0. The van der Waals surface area contributed by atoms with Crippen molar-refractivity contribution >= 4 is 11.6 Å². The summed E-state index contributed by atoms with van der Waals surface area (Å²) in [6.45, 7) is 0. The van der Waals surface area contributed by atoms with Crippen molar-refractivity contribution in [1.82, 2.24) is 0 Å². The Hall–Kier alpha value is -1.59. The summed E-state index contributed by atoms with van der Waals surface area (Å²) in [5.41, 5.74) is 0.120. The van der Waals surface area contributed by atoms with Gasteiger partial charge in [-0.3, -0.25) is 4.79 Å². The number of anilines is 1. The first-order chi connectivity index (χ1) is 6.91. The summed E-state index contributed by atoms with van der Waals surface area (Å²) >= 11 is 0. The van der Waals surface area contributed by atoms with Crippen LogP contribution in [0.5, 0.6) is 0 Å². The van der Waals surface area contributed by atoms with Crippen molar-refractivity contribution in [3.63, 3.8) is 0 Å². The molecule has 1 aromatic carbocycles. The Bertz CT molecular complexity index is 336. The van der Waals surface area contributed by atoms with E-state index in [0.717, 1.165) is 0 Å². The number of para-hydroxylation sites is 1. The highest BCUT2D eigenvalue weighted by molar-refractivity contribution is 5.94. The van der Waals surface area contributed by atoms with Crippen molar-refractivity contribution in [2.24, 2.45) is 0 Å². The molecule has 1 N–H and O–H groups in total. The smallest absolute Gasteiger partial charge is 0.323 e. The average molecular weight is 221 g/mol. The lowest BCUT2D eigenvalue weighted by Gasteiger charge is -2.12. The van der Waals surface area contributed by atoms with E-state index in [2.05, 4.69) is 0 Å². The van der Waals surface area contributed by atoms with E-state index < -0.39 is 18.3 Å². The zero-order valence-electron chi connectivity index (χ0n) is 7.38. The Morgan fingerprint density at radius 3 is 2.20 bits per heavy atom. The molecule has 0 aliphatic carbocycles. The van der Waals surface area contributed by atoms with E-state index in [9.17, 15) is 22.4 Å². The highest BCUT2D eigenvalue weighted by Crippen LogP contribution is 2.23. The van der Waals surface area contributed by atoms with Crippen molar-refractivity contribution in [2.45, 2.75) is 12.3 Å². The number of nitrogens with one attached hydrogen (secondary N) is 1. The van der Waals surface area contributed by atoms with Gasteiger partial charge >= 0.3 is 6.18 Å². The van der Waals surface area contributed by atoms with E-state index in [1.165, 1.54) is 24.3 Å². The van der Waals surface area contributed by atoms with Crippen LogP contribution in [0.4, 0.5) is 23.2 Å². The second-order valence-electron chi connectivity index (χ2n) is 2.76. The van der Waals surface area contributed by atoms with Gasteiger partial charge in [-0.2, -0.15) is 13.2 Å². The molecule has 0 aliphatic heterocycles. The number of amides is 1. The Kier molecular flexibility index (Phi) is 3.28. The molecule has 82 valence electrons. The Morgan fingerprint density at radius 1 is 1.20 bits per heavy atom. The van der Waals surface area contributed by atoms with E-state index in [1.54, 1.807) is 6.07 Å². The van der Waals surface area contributed by atoms with Gasteiger partial charge in [0.15, 0.2) is 0 Å². The van der Waals surface area contributed by atoms with Crippen molar-refractivity contribution < 1.29 is 22.4 Å². The number of hydrogen-bond acceptors (Lipinski definition) is 1. The first-order valence-corrected chi connectivity index (χ1v) is 3.98. The molecule has 0 fully saturated rings. The fourth-order valence-electron chi connectivity index (χ4n) is 0.876. The summed E-state index contributed by atoms with van der Waals surface area (Å²) < 4.78 is 47.8. The Labute approximate surface area is 82.9 Å². The Morgan fingerprint density at radius 2 is 1.73 bits per heavy atom. The highest BCUT2D eigenvalue weighted by atomic mass is 19.4. The summed E-state index contributed by atoms with van der Waals surface area (Å²) in [5.74, 6) is -1.71. The quantitative estimate of drug-likeness (QED) is 0.764. The summed E-state index contributed by atoms with van der Waals surface area (Å²) in [4.78, 5) is 10.8. The van der Waals surface area contributed by atoms with Crippen LogP contribution in [0.15, 0.2) is 30.3 Å². The summed E-state index contributed by atoms with van der Waals surface area (Å²) in [5, 5.41) is 1.81. The summed E-state index contributed by atoms with van der Waals surface area (Å²) in [6.07, 6.45) is -8.67. The third kappa shape index (κ3) is 3.23. The number of carbonyl (C=O) groups excluding carboxylic acids is 1. The van der Waals surface area contributed by atoms with Crippen LogP contribution in [-0.4, -0.2) is 18.3 Å². The van der Waals surface area contributed by atoms with Gasteiger partial charge in [0.05, 0.1) is 0 Å². The van der Waals surface area contributed by atoms with Crippen LogP contribution in [-0.2, 0) is 4.79 Å². The molecule has 0 aliphatic rings. The molecule has 0 heterocycles. The molecule has 15 heavy (non-hydrogen) atoms. The number of benzene rings is 1. The molecular weight excluding hydrogens is 214 g/mol. The number of halogens is 4. The van der Waals surface area contributed by atoms with Gasteiger partial charge in [0.25, 0.3) is 12.1 Å². The van der Waals surface area contributed by atoms with Crippen LogP contribution >= 0.6 is 0 Å². The molecule has 0 saturated heterocycles. The maximum atomic E-state index is 12.5. The van der Waals surface area contributed by atoms with Gasteiger partial charge in [0.2, 0.25) is 0 Å². The Balaban J connectivity index is 2.65. The van der Waals surface area contributed by atoms with Crippen LogP contribution in [0.3, 0.4) is 0 Å². The second-order valence-corrected chi connectivity index (χ2v) is 2.76. The monoisotopic (exact) mass is 221 g/mol. The van der Waals surface area contributed by atoms with Gasteiger partial charge in [-0.05, 0) is 12.1 Å². The van der Waals surface area contributed by atoms with Crippen molar-refractivity contribution in [3.8, 4) is 0 Å². The number of rotatable bonds is 2. The van der Waals surface area contributed by atoms with E-state index in [1.807, 2.05) is 5.32 Å². The van der Waals surface area contributed by atoms with E-state index in [-0.39, 0.29) is 5.69 Å². The lowest BCUT2D eigenvalue weighted by molar-refractivity contribution is -0.183. The molecule has 6 heteroatoms. The maximum absolute atomic E-state index is 12.5. The van der Waals surface area contributed by atoms with Crippen LogP contribution in [0.25, 0.3) is 0 Å². The minimum Gasteiger partial charge on any atom is -0.323 e. The van der Waals surface area contributed by atoms with Gasteiger partial charge in [-0.1, -0.05) is 18.2 Å². The largest absolute Gasteiger partial charge is 0.428 e. The van der Waals surface area contributed by atoms with Crippen molar-refractivity contribution in [2.75, 3.05) is 5.32 Å². The number of carbonyl (C=O) groups is 1. The number of hydrogen-bond donors (Lipinski definition) is 1. The number of alkyl halides is 4. The lowest BCUT2D eigenvalue weighted by atomic mass is 10.3. The predicted molar refractivity (Wildman–Crippen MR) is 46.0 cm³/mol. The fourth-order valence-corrected chi connectivity index (χ4v) is 0.876. The zero-order valence-corrected chi connectivity index (χ0v) is 7.38. The van der Waals surface area contributed by atoms with Crippen LogP contribution in [0.1, 0.15) is 0 Å². The SMILES string of the molecule is O=C(Nc1ccccc1)[C@@H](F)C(F)(F)F. The van der Waals surface area contributed by atoms with Crippen molar-refractivity contribution in [3.05, 3.63) is 30.3 Å². The first kappa shape index (κ1) is 11.5. The molecule has 0 unspecified atom stereocenters. The molecule has 2 nitrogen and oxygen atoms in total. The van der Waals surface area contributed by atoms with Gasteiger partial charge in [-0.15, -0.1) is 0 Å². The van der Waals surface area contributed by atoms with Gasteiger partial charge < -0.3 is 5.32 Å². The zero-order chi connectivity index (χ0) is 11.5. The van der Waals surface area contributed by atoms with E-state index >= 15 is 0 Å². The second kappa shape index (κ2) is 4.29. The molecule has 0 radical (unpaired) electrons. The minimum atomic E-state index is -5.17. The van der Waals surface area contributed by atoms with Gasteiger partial charge in [0, 0.05) is 5.69 Å². The van der Waals surface area contributed by atoms with Crippen molar-refractivity contribution in [1.29, 1.82) is 0 Å². The molecule has 1 atom stereocenters. The maximum Gasteiger partial charge on any atom is 0.428 e. The molecule has 0 saturated carbocycles.